The molecule has 0 aliphatic rings. The molecule has 0 spiro atoms. The first kappa shape index (κ1) is 3.94. The Morgan fingerprint density at radius 2 is 1.60 bits per heavy atom. The van der Waals surface area contributed by atoms with Gasteiger partial charge in [-0.3, -0.25) is 0 Å². The van der Waals surface area contributed by atoms with E-state index in [-0.39, 0.29) is 0 Å². The Kier molecular flexibility index (Phi) is 2.32. The Morgan fingerprint density at radius 3 is 1.60 bits per heavy atom. The molecule has 0 bridgehead atoms. The fourth-order valence-electron chi connectivity index (χ4n) is 0.0289. The van der Waals surface area contributed by atoms with Gasteiger partial charge in [-0.05, 0) is 0 Å². The molecule has 0 unspecified atom stereocenters. The van der Waals surface area contributed by atoms with Gasteiger partial charge in [0.1, 0.15) is 0 Å². The molecule has 0 amide bonds. The summed E-state index contributed by atoms with van der Waals surface area (Å²) in [5, 5.41) is 15.9. The number of nitriles is 2. The molecule has 0 fully saturated rings. The first-order chi connectivity index (χ1) is 2.41. The molecule has 0 aromatic rings. The van der Waals surface area contributed by atoms with E-state index in [0.29, 0.717) is 0 Å². The van der Waals surface area contributed by atoms with Crippen LogP contribution in [0.25, 0.3) is 0 Å². The second-order valence-corrected chi connectivity index (χ2v) is 0.403. The molecule has 3 nitrogen and oxygen atoms in total. The summed E-state index contributed by atoms with van der Waals surface area (Å²) in [7, 11) is 0. The topological polar surface area (TPSA) is 64.2 Å². The highest BCUT2D eigenvalue weighted by atomic mass is 14.8. The summed E-state index contributed by atoms with van der Waals surface area (Å²) in [6.45, 7) is 0. The molecule has 5 heavy (non-hydrogen) atoms. The van der Waals surface area contributed by atoms with Crippen molar-refractivity contribution in [1.82, 2.24) is 0 Å². The zero-order valence-corrected chi connectivity index (χ0v) is 2.47. The Balaban J connectivity index is 2.86. The van der Waals surface area contributed by atoms with Crippen LogP contribution in [0.15, 0.2) is 0 Å². The van der Waals surface area contributed by atoms with E-state index in [1.54, 1.807) is 0 Å². The Labute approximate surface area is 29.4 Å². The summed E-state index contributed by atoms with van der Waals surface area (Å²) in [6.07, 6.45) is 3.06. The third-order valence-corrected chi connectivity index (χ3v) is 0.129. The first-order valence-electron chi connectivity index (χ1n) is 1.02. The van der Waals surface area contributed by atoms with Gasteiger partial charge < -0.3 is 0 Å². The van der Waals surface area contributed by atoms with Crippen LogP contribution < -0.4 is 5.32 Å². The van der Waals surface area contributed by atoms with Gasteiger partial charge in [0.2, 0.25) is 0 Å². The van der Waals surface area contributed by atoms with Crippen molar-refractivity contribution in [3.8, 4) is 12.4 Å². The molecule has 0 atom stereocenters. The van der Waals surface area contributed by atoms with Crippen molar-refractivity contribution < 1.29 is 5.32 Å². The number of nitrogens with two attached hydrogens (primary N) is 1. The van der Waals surface area contributed by atoms with Gasteiger partial charge in [-0.15, -0.1) is 15.8 Å². The molecule has 24 valence electrons. The number of nitrogens with zero attached hydrogens (tertiary/aromatic N) is 2. The lowest BCUT2D eigenvalue weighted by molar-refractivity contribution is -0.475. The fourth-order valence-corrected chi connectivity index (χ4v) is 0.0289. The average molecular weight is 68.1 g/mol. The maximum Gasteiger partial charge on any atom is 0.321 e. The van der Waals surface area contributed by atoms with Crippen LogP contribution in [-0.4, -0.2) is 0 Å². The van der Waals surface area contributed by atoms with Crippen molar-refractivity contribution in [2.75, 3.05) is 0 Å². The second kappa shape index (κ2) is 2.94. The highest BCUT2D eigenvalue weighted by Crippen LogP contribution is 1.01. The summed E-state index contributed by atoms with van der Waals surface area (Å²) < 4.78 is 0. The molecule has 2 N–H and O–H groups in total. The van der Waals surface area contributed by atoms with Crippen molar-refractivity contribution in [1.29, 1.82) is 10.5 Å². The van der Waals surface area contributed by atoms with Crippen LogP contribution in [0.3, 0.4) is 0 Å². The molecule has 0 saturated heterocycles. The van der Waals surface area contributed by atoms with Crippen LogP contribution in [0.1, 0.15) is 0 Å². The lowest BCUT2D eigenvalue weighted by atomic mass is 11.2. The SMILES string of the molecule is N#C[NH2+]C#N. The summed E-state index contributed by atoms with van der Waals surface area (Å²) in [5.74, 6) is 0. The summed E-state index contributed by atoms with van der Waals surface area (Å²) >= 11 is 0. The van der Waals surface area contributed by atoms with E-state index >= 15 is 0 Å². The van der Waals surface area contributed by atoms with Crippen molar-refractivity contribution in [3.63, 3.8) is 0 Å². The highest BCUT2D eigenvalue weighted by Gasteiger charge is 1.63. The zero-order valence-electron chi connectivity index (χ0n) is 2.47. The van der Waals surface area contributed by atoms with Gasteiger partial charge in [0.15, 0.2) is 0 Å². The van der Waals surface area contributed by atoms with Gasteiger partial charge in [0.05, 0.1) is 0 Å². The summed E-state index contributed by atoms with van der Waals surface area (Å²) in [6, 6.07) is 0. The standard InChI is InChI=1S/C2HN3/c3-1-5-2-4/h5H/p+1. The summed E-state index contributed by atoms with van der Waals surface area (Å²) in [4.78, 5) is 0. The number of hydrogen-bond donors (Lipinski definition) is 1. The molecule has 3 heteroatoms. The Hall–Kier alpha value is -1.06. The molecule has 0 aromatic heterocycles. The van der Waals surface area contributed by atoms with E-state index in [2.05, 4.69) is 0 Å². The van der Waals surface area contributed by atoms with Crippen molar-refractivity contribution >= 4 is 0 Å². The van der Waals surface area contributed by atoms with Gasteiger partial charge in [-0.2, -0.15) is 0 Å². The number of hydrogen-bond acceptors (Lipinski definition) is 2. The highest BCUT2D eigenvalue weighted by molar-refractivity contribution is 4.46. The molecule has 0 aliphatic heterocycles. The van der Waals surface area contributed by atoms with Crippen LogP contribution in [0, 0.1) is 22.9 Å². The number of rotatable bonds is 0. The van der Waals surface area contributed by atoms with Gasteiger partial charge in [0, 0.05) is 0 Å². The van der Waals surface area contributed by atoms with Crippen LogP contribution in [0.5, 0.6) is 0 Å². The predicted octanol–water partition coefficient (Wildman–Crippen LogP) is -1.49. The third kappa shape index (κ3) is 2.94. The van der Waals surface area contributed by atoms with E-state index in [9.17, 15) is 0 Å². The van der Waals surface area contributed by atoms with Gasteiger partial charge in [0.25, 0.3) is 0 Å². The molecule has 0 saturated carbocycles. The predicted molar refractivity (Wildman–Crippen MR) is 13.2 cm³/mol. The van der Waals surface area contributed by atoms with E-state index in [1.165, 1.54) is 12.4 Å². The van der Waals surface area contributed by atoms with Crippen LogP contribution >= 0.6 is 0 Å². The minimum absolute atomic E-state index is 0.861. The third-order valence-electron chi connectivity index (χ3n) is 0.129. The molecule has 0 rings (SSSR count). The zero-order chi connectivity index (χ0) is 4.12. The van der Waals surface area contributed by atoms with Gasteiger partial charge >= 0.3 is 12.4 Å². The molecule has 0 heterocycles. The summed E-state index contributed by atoms with van der Waals surface area (Å²) in [5.41, 5.74) is 0. The quantitative estimate of drug-likeness (QED) is 0.351. The van der Waals surface area contributed by atoms with E-state index in [1.807, 2.05) is 0 Å². The van der Waals surface area contributed by atoms with E-state index in [4.69, 9.17) is 10.5 Å². The smallest absolute Gasteiger partial charge is 0.148 e. The Morgan fingerprint density at radius 1 is 1.20 bits per heavy atom. The van der Waals surface area contributed by atoms with Crippen LogP contribution in [-0.2, 0) is 0 Å². The van der Waals surface area contributed by atoms with Crippen LogP contribution in [0.4, 0.5) is 0 Å². The minimum atomic E-state index is 0.861. The van der Waals surface area contributed by atoms with Gasteiger partial charge in [-0.25, -0.2) is 0 Å². The van der Waals surface area contributed by atoms with E-state index in [0.717, 1.165) is 5.32 Å². The monoisotopic (exact) mass is 68.0 g/mol. The number of quaternary nitrogens is 1. The maximum absolute atomic E-state index is 7.54. The fraction of sp³-hybridized carbons (Fsp3) is 0. The molecular formula is C2H2N3+. The molecule has 0 radical (unpaired) electrons. The Bertz CT molecular complexity index is 70.0. The van der Waals surface area contributed by atoms with Gasteiger partial charge in [-0.1, -0.05) is 0 Å². The lowest BCUT2D eigenvalue weighted by Crippen LogP contribution is -2.72. The molecule has 0 aliphatic carbocycles. The molecule has 0 aromatic carbocycles. The first-order valence-corrected chi connectivity index (χ1v) is 1.02. The average Bonchev–Trinajstić information content (AvgIpc) is 1.41. The second-order valence-electron chi connectivity index (χ2n) is 0.403. The minimum Gasteiger partial charge on any atom is -0.148 e. The van der Waals surface area contributed by atoms with Crippen molar-refractivity contribution in [2.24, 2.45) is 0 Å². The van der Waals surface area contributed by atoms with E-state index < -0.39 is 0 Å². The maximum atomic E-state index is 7.54. The normalized spacial score (nSPS) is 4.40. The largest absolute Gasteiger partial charge is 0.321 e. The van der Waals surface area contributed by atoms with Crippen LogP contribution in [0.2, 0.25) is 0 Å². The van der Waals surface area contributed by atoms with Crippen molar-refractivity contribution in [2.45, 2.75) is 0 Å². The van der Waals surface area contributed by atoms with Crippen molar-refractivity contribution in [3.05, 3.63) is 0 Å². The lowest BCUT2D eigenvalue weighted by Gasteiger charge is -1.46. The molecular weight excluding hydrogens is 66.0 g/mol.